The molecule has 2 rings (SSSR count). The van der Waals surface area contributed by atoms with Gasteiger partial charge in [0.25, 0.3) is 0 Å². The van der Waals surface area contributed by atoms with Crippen molar-refractivity contribution in [1.82, 2.24) is 10.2 Å². The predicted octanol–water partition coefficient (Wildman–Crippen LogP) is 2.43. The van der Waals surface area contributed by atoms with E-state index in [1.807, 2.05) is 6.07 Å². The second kappa shape index (κ2) is 5.38. The fraction of sp³-hybridized carbons (Fsp3) is 0.200. The molecule has 1 heterocycles. The number of hydrogen-bond donors (Lipinski definition) is 1. The van der Waals surface area contributed by atoms with Gasteiger partial charge in [-0.3, -0.25) is 0 Å². The fourth-order valence-corrected chi connectivity index (χ4v) is 2.67. The molecule has 0 aliphatic rings. The largest absolute Gasteiger partial charge is 0.326 e. The van der Waals surface area contributed by atoms with Crippen molar-refractivity contribution in [1.29, 1.82) is 0 Å². The third-order valence-corrected chi connectivity index (χ3v) is 3.95. The van der Waals surface area contributed by atoms with Crippen molar-refractivity contribution in [3.05, 3.63) is 40.7 Å². The molecule has 0 unspecified atom stereocenters. The number of thioether (sulfide) groups is 1. The van der Waals surface area contributed by atoms with E-state index >= 15 is 0 Å². The van der Waals surface area contributed by atoms with Crippen LogP contribution < -0.4 is 5.73 Å². The Hall–Kier alpha value is -0.980. The number of halogens is 1. The second-order valence-corrected chi connectivity index (χ2v) is 5.18. The number of nitrogens with zero attached hydrogens (tertiary/aromatic N) is 2. The lowest BCUT2D eigenvalue weighted by atomic mass is 10.1. The van der Waals surface area contributed by atoms with Gasteiger partial charge in [-0.1, -0.05) is 35.2 Å². The first-order chi connectivity index (χ1) is 7.79. The Morgan fingerprint density at radius 1 is 1.44 bits per heavy atom. The highest BCUT2D eigenvalue weighted by Gasteiger charge is 2.05. The number of aromatic nitrogens is 2. The molecule has 16 heavy (non-hydrogen) atoms. The van der Waals surface area contributed by atoms with Gasteiger partial charge < -0.3 is 5.73 Å². The topological polar surface area (TPSA) is 51.8 Å². The van der Waals surface area contributed by atoms with Crippen LogP contribution in [0.4, 0.5) is 4.39 Å². The summed E-state index contributed by atoms with van der Waals surface area (Å²) in [6.45, 7) is 0.362. The summed E-state index contributed by atoms with van der Waals surface area (Å²) < 4.78 is 14.4. The standard InChI is InChI=1S/C10H10FN3S2/c11-9-3-7(4-12)1-2-8(9)5-15-10-14-13-6-16-10/h1-3,6H,4-5,12H2. The van der Waals surface area contributed by atoms with Crippen molar-refractivity contribution in [2.75, 3.05) is 0 Å². The minimum atomic E-state index is -0.208. The molecule has 0 aliphatic heterocycles. The highest BCUT2D eigenvalue weighted by molar-refractivity contribution is 8.00. The minimum Gasteiger partial charge on any atom is -0.326 e. The SMILES string of the molecule is NCc1ccc(CSc2nncs2)c(F)c1. The highest BCUT2D eigenvalue weighted by Crippen LogP contribution is 2.25. The first-order valence-electron chi connectivity index (χ1n) is 4.66. The van der Waals surface area contributed by atoms with E-state index in [9.17, 15) is 4.39 Å². The summed E-state index contributed by atoms with van der Waals surface area (Å²) in [5.41, 5.74) is 8.57. The van der Waals surface area contributed by atoms with Crippen LogP contribution in [0.3, 0.4) is 0 Å². The molecular formula is C10H10FN3S2. The van der Waals surface area contributed by atoms with Crippen LogP contribution in [0.15, 0.2) is 28.0 Å². The molecule has 0 atom stereocenters. The van der Waals surface area contributed by atoms with Crippen molar-refractivity contribution < 1.29 is 4.39 Å². The van der Waals surface area contributed by atoms with E-state index in [-0.39, 0.29) is 5.82 Å². The molecule has 3 nitrogen and oxygen atoms in total. The summed E-state index contributed by atoms with van der Waals surface area (Å²) in [5, 5.41) is 7.61. The van der Waals surface area contributed by atoms with Gasteiger partial charge in [0, 0.05) is 12.3 Å². The lowest BCUT2D eigenvalue weighted by Crippen LogP contribution is -1.98. The molecule has 1 aromatic carbocycles. The van der Waals surface area contributed by atoms with Crippen LogP contribution >= 0.6 is 23.1 Å². The summed E-state index contributed by atoms with van der Waals surface area (Å²) >= 11 is 2.94. The summed E-state index contributed by atoms with van der Waals surface area (Å²) in [5.74, 6) is 0.353. The minimum absolute atomic E-state index is 0.208. The van der Waals surface area contributed by atoms with Crippen molar-refractivity contribution in [2.24, 2.45) is 5.73 Å². The Morgan fingerprint density at radius 3 is 2.94 bits per heavy atom. The molecule has 6 heteroatoms. The average Bonchev–Trinajstić information content (AvgIpc) is 2.80. The summed E-state index contributed by atoms with van der Waals surface area (Å²) in [6.07, 6.45) is 0. The van der Waals surface area contributed by atoms with Crippen LogP contribution in [-0.4, -0.2) is 10.2 Å². The number of nitrogens with two attached hydrogens (primary N) is 1. The Labute approximate surface area is 101 Å². The third-order valence-electron chi connectivity index (χ3n) is 2.04. The van der Waals surface area contributed by atoms with E-state index in [2.05, 4.69) is 10.2 Å². The molecule has 84 valence electrons. The third kappa shape index (κ3) is 2.78. The van der Waals surface area contributed by atoms with Gasteiger partial charge in [-0.15, -0.1) is 10.2 Å². The molecule has 0 bridgehead atoms. The van der Waals surface area contributed by atoms with E-state index in [1.165, 1.54) is 29.2 Å². The van der Waals surface area contributed by atoms with Gasteiger partial charge in [-0.2, -0.15) is 0 Å². The van der Waals surface area contributed by atoms with Crippen LogP contribution in [0, 0.1) is 5.82 Å². The molecule has 0 saturated heterocycles. The molecule has 0 radical (unpaired) electrons. The quantitative estimate of drug-likeness (QED) is 0.852. The molecule has 1 aromatic heterocycles. The van der Waals surface area contributed by atoms with Crippen molar-refractivity contribution in [3.63, 3.8) is 0 Å². The van der Waals surface area contributed by atoms with Gasteiger partial charge in [0.15, 0.2) is 4.34 Å². The Balaban J connectivity index is 2.04. The van der Waals surface area contributed by atoms with Crippen LogP contribution in [0.2, 0.25) is 0 Å². The average molecular weight is 255 g/mol. The van der Waals surface area contributed by atoms with Crippen molar-refractivity contribution >= 4 is 23.1 Å². The zero-order valence-corrected chi connectivity index (χ0v) is 10.0. The maximum atomic E-state index is 13.6. The van der Waals surface area contributed by atoms with Crippen LogP contribution in [0.5, 0.6) is 0 Å². The van der Waals surface area contributed by atoms with Gasteiger partial charge in [-0.05, 0) is 17.2 Å². The molecule has 0 amide bonds. The number of hydrogen-bond acceptors (Lipinski definition) is 5. The molecule has 0 spiro atoms. The van der Waals surface area contributed by atoms with E-state index in [0.717, 1.165) is 9.90 Å². The second-order valence-electron chi connectivity index (χ2n) is 3.12. The normalized spacial score (nSPS) is 10.6. The molecule has 0 aliphatic carbocycles. The van der Waals surface area contributed by atoms with Gasteiger partial charge in [0.2, 0.25) is 0 Å². The fourth-order valence-electron chi connectivity index (χ4n) is 1.20. The van der Waals surface area contributed by atoms with Crippen LogP contribution in [0.1, 0.15) is 11.1 Å². The Kier molecular flexibility index (Phi) is 3.87. The van der Waals surface area contributed by atoms with E-state index in [1.54, 1.807) is 11.6 Å². The molecule has 2 aromatic rings. The lowest BCUT2D eigenvalue weighted by Gasteiger charge is -2.03. The number of rotatable bonds is 4. The zero-order valence-electron chi connectivity index (χ0n) is 8.39. The molecule has 2 N–H and O–H groups in total. The molecule has 0 saturated carbocycles. The summed E-state index contributed by atoms with van der Waals surface area (Å²) in [7, 11) is 0. The van der Waals surface area contributed by atoms with Gasteiger partial charge >= 0.3 is 0 Å². The van der Waals surface area contributed by atoms with Gasteiger partial charge in [0.05, 0.1) is 0 Å². The van der Waals surface area contributed by atoms with Crippen molar-refractivity contribution in [3.8, 4) is 0 Å². The maximum absolute atomic E-state index is 13.6. The van der Waals surface area contributed by atoms with E-state index in [0.29, 0.717) is 17.9 Å². The van der Waals surface area contributed by atoms with Crippen LogP contribution in [0.25, 0.3) is 0 Å². The summed E-state index contributed by atoms with van der Waals surface area (Å²) in [4.78, 5) is 0. The lowest BCUT2D eigenvalue weighted by molar-refractivity contribution is 0.615. The molecular weight excluding hydrogens is 245 g/mol. The maximum Gasteiger partial charge on any atom is 0.174 e. The van der Waals surface area contributed by atoms with Gasteiger partial charge in [-0.25, -0.2) is 4.39 Å². The Morgan fingerprint density at radius 2 is 2.31 bits per heavy atom. The monoisotopic (exact) mass is 255 g/mol. The first-order valence-corrected chi connectivity index (χ1v) is 6.52. The van der Waals surface area contributed by atoms with Crippen molar-refractivity contribution in [2.45, 2.75) is 16.6 Å². The predicted molar refractivity (Wildman–Crippen MR) is 63.8 cm³/mol. The number of benzene rings is 1. The highest BCUT2D eigenvalue weighted by atomic mass is 32.2. The van der Waals surface area contributed by atoms with E-state index < -0.39 is 0 Å². The first kappa shape index (κ1) is 11.5. The van der Waals surface area contributed by atoms with E-state index in [4.69, 9.17) is 5.73 Å². The van der Waals surface area contributed by atoms with Crippen LogP contribution in [-0.2, 0) is 12.3 Å². The molecule has 0 fully saturated rings. The zero-order chi connectivity index (χ0) is 11.4. The van der Waals surface area contributed by atoms with Gasteiger partial charge in [0.1, 0.15) is 11.3 Å². The Bertz CT molecular complexity index is 459. The smallest absolute Gasteiger partial charge is 0.174 e. The summed E-state index contributed by atoms with van der Waals surface area (Å²) in [6, 6.07) is 5.10.